The third-order valence-electron chi connectivity index (χ3n) is 2.14. The van der Waals surface area contributed by atoms with Gasteiger partial charge in [0.05, 0.1) is 18.5 Å². The Morgan fingerprint density at radius 3 is 2.25 bits per heavy atom. The SMILES string of the molecule is CCN(C[C@@H](CCO)OC(C)C)S(C)(=O)=O. The smallest absolute Gasteiger partial charge is 0.211 e. The van der Waals surface area contributed by atoms with Crippen LogP contribution in [0.1, 0.15) is 27.2 Å². The van der Waals surface area contributed by atoms with Gasteiger partial charge in [-0.25, -0.2) is 8.42 Å². The van der Waals surface area contributed by atoms with Gasteiger partial charge < -0.3 is 9.84 Å². The third-order valence-corrected chi connectivity index (χ3v) is 3.49. The third kappa shape index (κ3) is 6.42. The van der Waals surface area contributed by atoms with Crippen molar-refractivity contribution in [2.24, 2.45) is 0 Å². The Kier molecular flexibility index (Phi) is 7.14. The van der Waals surface area contributed by atoms with Gasteiger partial charge in [-0.3, -0.25) is 0 Å². The van der Waals surface area contributed by atoms with Gasteiger partial charge in [-0.2, -0.15) is 4.31 Å². The van der Waals surface area contributed by atoms with E-state index in [1.54, 1.807) is 6.92 Å². The molecule has 16 heavy (non-hydrogen) atoms. The average molecular weight is 253 g/mol. The fourth-order valence-corrected chi connectivity index (χ4v) is 2.36. The van der Waals surface area contributed by atoms with E-state index in [0.29, 0.717) is 19.5 Å². The molecule has 0 fully saturated rings. The topological polar surface area (TPSA) is 66.8 Å². The summed E-state index contributed by atoms with van der Waals surface area (Å²) in [7, 11) is -3.19. The van der Waals surface area contributed by atoms with E-state index >= 15 is 0 Å². The van der Waals surface area contributed by atoms with E-state index in [0.717, 1.165) is 0 Å². The first-order valence-corrected chi connectivity index (χ1v) is 7.37. The molecule has 0 amide bonds. The van der Waals surface area contributed by atoms with Gasteiger partial charge in [0.15, 0.2) is 0 Å². The second-order valence-electron chi connectivity index (χ2n) is 4.03. The number of aliphatic hydroxyl groups excluding tert-OH is 1. The van der Waals surface area contributed by atoms with Crippen LogP contribution in [0.2, 0.25) is 0 Å². The Hall–Kier alpha value is -0.170. The second-order valence-corrected chi connectivity index (χ2v) is 6.02. The summed E-state index contributed by atoms with van der Waals surface area (Å²) in [5.41, 5.74) is 0. The molecule has 0 aliphatic heterocycles. The first-order chi connectivity index (χ1) is 7.31. The maximum atomic E-state index is 11.4. The molecule has 0 saturated heterocycles. The summed E-state index contributed by atoms with van der Waals surface area (Å²) in [4.78, 5) is 0. The zero-order valence-corrected chi connectivity index (χ0v) is 11.3. The molecule has 0 saturated carbocycles. The van der Waals surface area contributed by atoms with Crippen LogP contribution < -0.4 is 0 Å². The first-order valence-electron chi connectivity index (χ1n) is 5.52. The molecule has 0 aliphatic rings. The van der Waals surface area contributed by atoms with Gasteiger partial charge in [-0.05, 0) is 20.3 Å². The van der Waals surface area contributed by atoms with Crippen LogP contribution in [0.25, 0.3) is 0 Å². The van der Waals surface area contributed by atoms with E-state index in [1.807, 2.05) is 13.8 Å². The molecule has 0 rings (SSSR count). The standard InChI is InChI=1S/C10H23NO4S/c1-5-11(16(4,13)14)8-10(6-7-12)15-9(2)3/h9-10,12H,5-8H2,1-4H3/t10-/m1/s1. The number of sulfonamides is 1. The van der Waals surface area contributed by atoms with Gasteiger partial charge >= 0.3 is 0 Å². The van der Waals surface area contributed by atoms with Gasteiger partial charge in [-0.15, -0.1) is 0 Å². The molecule has 98 valence electrons. The van der Waals surface area contributed by atoms with Crippen LogP contribution in [0.5, 0.6) is 0 Å². The fraction of sp³-hybridized carbons (Fsp3) is 1.00. The highest BCUT2D eigenvalue weighted by Crippen LogP contribution is 2.08. The van der Waals surface area contributed by atoms with Crippen molar-refractivity contribution in [2.75, 3.05) is 26.0 Å². The largest absolute Gasteiger partial charge is 0.396 e. The van der Waals surface area contributed by atoms with Crippen LogP contribution in [0.15, 0.2) is 0 Å². The summed E-state index contributed by atoms with van der Waals surface area (Å²) >= 11 is 0. The molecule has 6 heteroatoms. The van der Waals surface area contributed by atoms with Gasteiger partial charge in [0.1, 0.15) is 0 Å². The van der Waals surface area contributed by atoms with Crippen LogP contribution in [-0.2, 0) is 14.8 Å². The average Bonchev–Trinajstić information content (AvgIpc) is 2.11. The molecule has 0 aromatic heterocycles. The van der Waals surface area contributed by atoms with E-state index in [1.165, 1.54) is 10.6 Å². The summed E-state index contributed by atoms with van der Waals surface area (Å²) in [6, 6.07) is 0. The summed E-state index contributed by atoms with van der Waals surface area (Å²) in [5, 5.41) is 8.89. The monoisotopic (exact) mass is 253 g/mol. The minimum absolute atomic E-state index is 0.00129. The van der Waals surface area contributed by atoms with Crippen molar-refractivity contribution in [2.45, 2.75) is 39.4 Å². The Morgan fingerprint density at radius 1 is 1.38 bits per heavy atom. The molecule has 0 unspecified atom stereocenters. The van der Waals surface area contributed by atoms with E-state index < -0.39 is 10.0 Å². The Bertz CT molecular complexity index is 277. The zero-order chi connectivity index (χ0) is 12.8. The number of rotatable bonds is 8. The molecule has 1 atom stereocenters. The molecular weight excluding hydrogens is 230 g/mol. The molecule has 1 N–H and O–H groups in total. The Morgan fingerprint density at radius 2 is 1.94 bits per heavy atom. The predicted molar refractivity (Wildman–Crippen MR) is 63.8 cm³/mol. The minimum atomic E-state index is -3.19. The molecule has 0 radical (unpaired) electrons. The van der Waals surface area contributed by atoms with E-state index in [9.17, 15) is 8.42 Å². The highest BCUT2D eigenvalue weighted by molar-refractivity contribution is 7.88. The normalized spacial score (nSPS) is 14.7. The van der Waals surface area contributed by atoms with Crippen LogP contribution in [0.4, 0.5) is 0 Å². The molecule has 0 aliphatic carbocycles. The minimum Gasteiger partial charge on any atom is -0.396 e. The molecule has 0 aromatic carbocycles. The quantitative estimate of drug-likeness (QED) is 0.682. The zero-order valence-electron chi connectivity index (χ0n) is 10.5. The summed E-state index contributed by atoms with van der Waals surface area (Å²) in [6.45, 7) is 6.28. The van der Waals surface area contributed by atoms with Crippen molar-refractivity contribution in [3.63, 3.8) is 0 Å². The summed E-state index contributed by atoms with van der Waals surface area (Å²) in [6.07, 6.45) is 1.40. The van der Waals surface area contributed by atoms with Crippen LogP contribution in [0, 0.1) is 0 Å². The Balaban J connectivity index is 4.46. The number of nitrogens with zero attached hydrogens (tertiary/aromatic N) is 1. The van der Waals surface area contributed by atoms with Crippen molar-refractivity contribution >= 4 is 10.0 Å². The van der Waals surface area contributed by atoms with E-state index in [4.69, 9.17) is 9.84 Å². The molecule has 0 bridgehead atoms. The number of likely N-dealkylation sites (N-methyl/N-ethyl adjacent to an activating group) is 1. The lowest BCUT2D eigenvalue weighted by molar-refractivity contribution is -0.0128. The summed E-state index contributed by atoms with van der Waals surface area (Å²) < 4.78 is 29.7. The maximum Gasteiger partial charge on any atom is 0.211 e. The van der Waals surface area contributed by atoms with Crippen molar-refractivity contribution in [3.05, 3.63) is 0 Å². The van der Waals surface area contributed by atoms with Crippen molar-refractivity contribution in [1.29, 1.82) is 0 Å². The van der Waals surface area contributed by atoms with Crippen LogP contribution in [-0.4, -0.2) is 56.0 Å². The number of aliphatic hydroxyl groups is 1. The first kappa shape index (κ1) is 15.8. The second kappa shape index (κ2) is 7.21. The number of hydrogen-bond acceptors (Lipinski definition) is 4. The highest BCUT2D eigenvalue weighted by Gasteiger charge is 2.20. The number of ether oxygens (including phenoxy) is 1. The fourth-order valence-electron chi connectivity index (χ4n) is 1.46. The van der Waals surface area contributed by atoms with Gasteiger partial charge in [0, 0.05) is 19.7 Å². The highest BCUT2D eigenvalue weighted by atomic mass is 32.2. The number of hydrogen-bond donors (Lipinski definition) is 1. The van der Waals surface area contributed by atoms with Crippen LogP contribution in [0.3, 0.4) is 0 Å². The molecule has 0 heterocycles. The summed E-state index contributed by atoms with van der Waals surface area (Å²) in [5.74, 6) is 0. The van der Waals surface area contributed by atoms with Crippen LogP contribution >= 0.6 is 0 Å². The molecular formula is C10H23NO4S. The maximum absolute atomic E-state index is 11.4. The predicted octanol–water partition coefficient (Wildman–Crippen LogP) is 0.444. The molecule has 0 aromatic rings. The lowest BCUT2D eigenvalue weighted by Gasteiger charge is -2.26. The lowest BCUT2D eigenvalue weighted by atomic mass is 10.2. The molecule has 0 spiro atoms. The van der Waals surface area contributed by atoms with Gasteiger partial charge in [0.2, 0.25) is 10.0 Å². The van der Waals surface area contributed by atoms with Gasteiger partial charge in [0.25, 0.3) is 0 Å². The molecule has 5 nitrogen and oxygen atoms in total. The van der Waals surface area contributed by atoms with Crippen molar-refractivity contribution < 1.29 is 18.3 Å². The van der Waals surface area contributed by atoms with Gasteiger partial charge in [-0.1, -0.05) is 6.92 Å². The van der Waals surface area contributed by atoms with E-state index in [2.05, 4.69) is 0 Å². The Labute approximate surface area is 98.5 Å². The van der Waals surface area contributed by atoms with Crippen molar-refractivity contribution in [1.82, 2.24) is 4.31 Å². The van der Waals surface area contributed by atoms with E-state index in [-0.39, 0.29) is 18.8 Å². The van der Waals surface area contributed by atoms with Crippen molar-refractivity contribution in [3.8, 4) is 0 Å². The lowest BCUT2D eigenvalue weighted by Crippen LogP contribution is -2.39.